The number of benzene rings is 1. The number of aromatic amines is 1. The van der Waals surface area contributed by atoms with Gasteiger partial charge in [0, 0.05) is 35.1 Å². The fraction of sp³-hybridized carbons (Fsp3) is 0.250. The molecule has 5 rings (SSSR count). The number of pyridine rings is 3. The first-order chi connectivity index (χ1) is 15.0. The second-order valence-corrected chi connectivity index (χ2v) is 7.96. The Balaban J connectivity index is 1.55. The second kappa shape index (κ2) is 7.19. The summed E-state index contributed by atoms with van der Waals surface area (Å²) in [5.41, 5.74) is 4.20. The van der Waals surface area contributed by atoms with Crippen molar-refractivity contribution in [2.45, 2.75) is 39.7 Å². The van der Waals surface area contributed by atoms with E-state index in [1.54, 1.807) is 29.0 Å². The van der Waals surface area contributed by atoms with E-state index in [4.69, 9.17) is 0 Å². The molecule has 0 radical (unpaired) electrons. The molecule has 0 atom stereocenters. The molecule has 0 bridgehead atoms. The fourth-order valence-corrected chi connectivity index (χ4v) is 4.44. The van der Waals surface area contributed by atoms with Crippen LogP contribution in [0, 0.1) is 6.92 Å². The highest BCUT2D eigenvalue weighted by Gasteiger charge is 2.19. The zero-order valence-electron chi connectivity index (χ0n) is 17.4. The number of fused-ring (bicyclic) bond motifs is 4. The normalized spacial score (nSPS) is 13.0. The van der Waals surface area contributed by atoms with Gasteiger partial charge in [0.15, 0.2) is 0 Å². The number of rotatable bonds is 3. The van der Waals surface area contributed by atoms with E-state index >= 15 is 0 Å². The standard InChI is InChI=1S/C24H22N4O3/c1-3-28-12-19(21(29)18-9-7-13(2)25-22(18)28)24(31)26-14-8-10-16-15-5-4-6-17(15)23(30)27-20(16)11-14/h7-12H,3-6H2,1-2H3,(H,26,31)(H,27,30). The third-order valence-corrected chi connectivity index (χ3v) is 5.99. The van der Waals surface area contributed by atoms with Crippen LogP contribution in [0.1, 0.15) is 40.5 Å². The summed E-state index contributed by atoms with van der Waals surface area (Å²) in [7, 11) is 0. The van der Waals surface area contributed by atoms with Gasteiger partial charge in [-0.2, -0.15) is 0 Å². The van der Waals surface area contributed by atoms with Gasteiger partial charge in [0.2, 0.25) is 5.43 Å². The Labute approximate surface area is 177 Å². The average Bonchev–Trinajstić information content (AvgIpc) is 3.24. The van der Waals surface area contributed by atoms with Crippen molar-refractivity contribution in [3.05, 3.63) is 79.5 Å². The zero-order chi connectivity index (χ0) is 21.7. The number of carbonyl (C=O) groups is 1. The van der Waals surface area contributed by atoms with E-state index < -0.39 is 5.91 Å². The first-order valence-electron chi connectivity index (χ1n) is 10.5. The van der Waals surface area contributed by atoms with Crippen molar-refractivity contribution in [1.29, 1.82) is 0 Å². The van der Waals surface area contributed by atoms with Gasteiger partial charge in [-0.3, -0.25) is 14.4 Å². The SMILES string of the molecule is CCn1cc(C(=O)Nc2ccc3c4c(c(=O)[nH]c3c2)CCC4)c(=O)c2ccc(C)nc21. The van der Waals surface area contributed by atoms with Gasteiger partial charge in [0.1, 0.15) is 11.2 Å². The molecular formula is C24H22N4O3. The van der Waals surface area contributed by atoms with Gasteiger partial charge in [0.05, 0.1) is 10.9 Å². The lowest BCUT2D eigenvalue weighted by molar-refractivity contribution is 0.102. The van der Waals surface area contributed by atoms with E-state index in [1.165, 1.54) is 0 Å². The Morgan fingerprint density at radius 3 is 2.71 bits per heavy atom. The van der Waals surface area contributed by atoms with Crippen molar-refractivity contribution in [1.82, 2.24) is 14.5 Å². The van der Waals surface area contributed by atoms with Crippen molar-refractivity contribution in [3.63, 3.8) is 0 Å². The van der Waals surface area contributed by atoms with Crippen LogP contribution in [0.4, 0.5) is 5.69 Å². The molecule has 0 saturated carbocycles. The molecule has 156 valence electrons. The Kier molecular flexibility index (Phi) is 4.46. The first kappa shape index (κ1) is 19.2. The molecule has 0 spiro atoms. The third kappa shape index (κ3) is 3.13. The van der Waals surface area contributed by atoms with Crippen molar-refractivity contribution >= 4 is 33.5 Å². The van der Waals surface area contributed by atoms with Crippen LogP contribution in [0.25, 0.3) is 21.9 Å². The Morgan fingerprint density at radius 2 is 1.90 bits per heavy atom. The highest BCUT2D eigenvalue weighted by Crippen LogP contribution is 2.27. The number of carbonyl (C=O) groups excluding carboxylic acids is 1. The third-order valence-electron chi connectivity index (χ3n) is 5.99. The van der Waals surface area contributed by atoms with Crippen LogP contribution in [0.3, 0.4) is 0 Å². The molecule has 7 nitrogen and oxygen atoms in total. The smallest absolute Gasteiger partial charge is 0.261 e. The molecule has 3 heterocycles. The number of nitrogens with one attached hydrogen (secondary N) is 2. The van der Waals surface area contributed by atoms with Crippen molar-refractivity contribution in [3.8, 4) is 0 Å². The Hall–Kier alpha value is -3.74. The molecule has 0 saturated heterocycles. The van der Waals surface area contributed by atoms with Crippen LogP contribution in [-0.2, 0) is 19.4 Å². The minimum atomic E-state index is -0.488. The molecule has 4 aromatic rings. The maximum Gasteiger partial charge on any atom is 0.261 e. The van der Waals surface area contributed by atoms with E-state index in [0.29, 0.717) is 28.8 Å². The van der Waals surface area contributed by atoms with Gasteiger partial charge >= 0.3 is 0 Å². The van der Waals surface area contributed by atoms with Gasteiger partial charge in [-0.1, -0.05) is 6.07 Å². The van der Waals surface area contributed by atoms with Crippen molar-refractivity contribution in [2.75, 3.05) is 5.32 Å². The minimum absolute atomic E-state index is 0.0579. The van der Waals surface area contributed by atoms with E-state index in [2.05, 4.69) is 15.3 Å². The highest BCUT2D eigenvalue weighted by molar-refractivity contribution is 6.06. The molecular weight excluding hydrogens is 392 g/mol. The summed E-state index contributed by atoms with van der Waals surface area (Å²) >= 11 is 0. The molecule has 7 heteroatoms. The number of hydrogen-bond acceptors (Lipinski definition) is 4. The summed E-state index contributed by atoms with van der Waals surface area (Å²) < 4.78 is 1.81. The molecule has 1 aliphatic rings. The van der Waals surface area contributed by atoms with Crippen LogP contribution in [0.2, 0.25) is 0 Å². The maximum absolute atomic E-state index is 13.0. The van der Waals surface area contributed by atoms with Crippen LogP contribution in [-0.4, -0.2) is 20.4 Å². The number of amides is 1. The molecule has 0 unspecified atom stereocenters. The lowest BCUT2D eigenvalue weighted by Gasteiger charge is -2.12. The average molecular weight is 414 g/mol. The second-order valence-electron chi connectivity index (χ2n) is 7.96. The van der Waals surface area contributed by atoms with Crippen LogP contribution >= 0.6 is 0 Å². The number of aromatic nitrogens is 3. The summed E-state index contributed by atoms with van der Waals surface area (Å²) in [5.74, 6) is -0.488. The predicted octanol–water partition coefficient (Wildman–Crippen LogP) is 3.31. The predicted molar refractivity (Wildman–Crippen MR) is 121 cm³/mol. The number of nitrogens with zero attached hydrogens (tertiary/aromatic N) is 2. The Bertz CT molecular complexity index is 1500. The summed E-state index contributed by atoms with van der Waals surface area (Å²) in [4.78, 5) is 45.7. The van der Waals surface area contributed by atoms with Crippen LogP contribution in [0.15, 0.2) is 46.1 Å². The van der Waals surface area contributed by atoms with Gasteiger partial charge in [-0.05, 0) is 62.9 Å². The topological polar surface area (TPSA) is 96.9 Å². The van der Waals surface area contributed by atoms with E-state index in [9.17, 15) is 14.4 Å². The molecule has 1 aromatic carbocycles. The number of hydrogen-bond donors (Lipinski definition) is 2. The first-order valence-corrected chi connectivity index (χ1v) is 10.5. The lowest BCUT2D eigenvalue weighted by Crippen LogP contribution is -2.24. The van der Waals surface area contributed by atoms with Crippen molar-refractivity contribution in [2.24, 2.45) is 0 Å². The van der Waals surface area contributed by atoms with Gasteiger partial charge in [0.25, 0.3) is 11.5 Å². The molecule has 3 aromatic heterocycles. The van der Waals surface area contributed by atoms with Crippen LogP contribution < -0.4 is 16.3 Å². The van der Waals surface area contributed by atoms with E-state index in [0.717, 1.165) is 41.5 Å². The summed E-state index contributed by atoms with van der Waals surface area (Å²) in [6.45, 7) is 4.38. The summed E-state index contributed by atoms with van der Waals surface area (Å²) in [5, 5.41) is 4.23. The highest BCUT2D eigenvalue weighted by atomic mass is 16.2. The number of H-pyrrole nitrogens is 1. The van der Waals surface area contributed by atoms with Gasteiger partial charge in [-0.25, -0.2) is 4.98 Å². The summed E-state index contributed by atoms with van der Waals surface area (Å²) in [6.07, 6.45) is 4.24. The molecule has 2 N–H and O–H groups in total. The Morgan fingerprint density at radius 1 is 1.13 bits per heavy atom. The number of aryl methyl sites for hydroxylation is 3. The minimum Gasteiger partial charge on any atom is -0.332 e. The lowest BCUT2D eigenvalue weighted by atomic mass is 10.1. The largest absolute Gasteiger partial charge is 0.332 e. The maximum atomic E-state index is 13.0. The fourth-order valence-electron chi connectivity index (χ4n) is 4.44. The summed E-state index contributed by atoms with van der Waals surface area (Å²) in [6, 6.07) is 8.95. The molecule has 0 aliphatic heterocycles. The zero-order valence-corrected chi connectivity index (χ0v) is 17.4. The van der Waals surface area contributed by atoms with Crippen molar-refractivity contribution < 1.29 is 4.79 Å². The van der Waals surface area contributed by atoms with E-state index in [1.807, 2.05) is 26.0 Å². The number of anilines is 1. The quantitative estimate of drug-likeness (QED) is 0.538. The molecule has 1 aliphatic carbocycles. The molecule has 1 amide bonds. The molecule has 0 fully saturated rings. The molecule has 31 heavy (non-hydrogen) atoms. The van der Waals surface area contributed by atoms with E-state index in [-0.39, 0.29) is 16.6 Å². The van der Waals surface area contributed by atoms with Gasteiger partial charge < -0.3 is 14.9 Å². The van der Waals surface area contributed by atoms with Crippen LogP contribution in [0.5, 0.6) is 0 Å². The monoisotopic (exact) mass is 414 g/mol. The van der Waals surface area contributed by atoms with Gasteiger partial charge in [-0.15, -0.1) is 0 Å².